The molecule has 0 spiro atoms. The molecule has 1 aromatic carbocycles. The van der Waals surface area contributed by atoms with Crippen molar-refractivity contribution in [2.45, 2.75) is 13.0 Å². The van der Waals surface area contributed by atoms with Gasteiger partial charge in [-0.2, -0.15) is 0 Å². The maximum absolute atomic E-state index is 12.1. The Labute approximate surface area is 187 Å². The third kappa shape index (κ3) is 5.33. The Balaban J connectivity index is 0.00000243. The highest BCUT2D eigenvalue weighted by atomic mass is 79.9. The van der Waals surface area contributed by atoms with E-state index in [1.165, 1.54) is 4.88 Å². The largest absolute Gasteiger partial charge is 0.371 e. The number of fused-ring (bicyclic) bond motifs is 1. The minimum absolute atomic E-state index is 0. The standard InChI is InChI=1S/C17H16Br3N3OS.ClH/c18-15-13(25-17(20)16(15)19)9-21-6-3-7-22-14-8-12(24)10-4-1-2-5-11(10)23-14;/h1-2,4-5,8,21H,3,6-7,9H2,(H2,22,23,24);1H. The van der Waals surface area contributed by atoms with Crippen molar-refractivity contribution < 1.29 is 0 Å². The van der Waals surface area contributed by atoms with Crippen LogP contribution in [-0.4, -0.2) is 18.1 Å². The van der Waals surface area contributed by atoms with Crippen LogP contribution in [0.1, 0.15) is 11.3 Å². The Kier molecular flexibility index (Phi) is 8.63. The van der Waals surface area contributed by atoms with Gasteiger partial charge in [0.2, 0.25) is 0 Å². The molecule has 3 rings (SSSR count). The molecule has 0 aliphatic rings. The van der Waals surface area contributed by atoms with Gasteiger partial charge in [0.15, 0.2) is 5.43 Å². The smallest absolute Gasteiger partial charge is 0.191 e. The maximum atomic E-state index is 12.1. The molecule has 0 aliphatic carbocycles. The molecule has 0 unspecified atom stereocenters. The number of hydrogen-bond donors (Lipinski definition) is 3. The van der Waals surface area contributed by atoms with E-state index < -0.39 is 0 Å². The maximum Gasteiger partial charge on any atom is 0.191 e. The van der Waals surface area contributed by atoms with Gasteiger partial charge in [-0.15, -0.1) is 23.7 Å². The molecule has 0 amide bonds. The van der Waals surface area contributed by atoms with E-state index in [9.17, 15) is 4.79 Å². The monoisotopic (exact) mass is 583 g/mol. The number of rotatable bonds is 7. The molecule has 140 valence electrons. The van der Waals surface area contributed by atoms with Gasteiger partial charge in [0, 0.05) is 33.9 Å². The number of aromatic nitrogens is 1. The van der Waals surface area contributed by atoms with Crippen molar-refractivity contribution in [2.75, 3.05) is 18.4 Å². The quantitative estimate of drug-likeness (QED) is 0.303. The molecule has 3 aromatic rings. The number of hydrogen-bond acceptors (Lipinski definition) is 4. The topological polar surface area (TPSA) is 56.9 Å². The second-order valence-electron chi connectivity index (χ2n) is 5.48. The van der Waals surface area contributed by atoms with Crippen LogP contribution in [-0.2, 0) is 6.54 Å². The zero-order valence-corrected chi connectivity index (χ0v) is 20.0. The van der Waals surface area contributed by atoms with E-state index >= 15 is 0 Å². The van der Waals surface area contributed by atoms with E-state index in [2.05, 4.69) is 63.4 Å². The Morgan fingerprint density at radius 2 is 1.85 bits per heavy atom. The lowest BCUT2D eigenvalue weighted by Crippen LogP contribution is -2.18. The lowest BCUT2D eigenvalue weighted by atomic mass is 10.2. The number of para-hydroxylation sites is 1. The predicted octanol–water partition coefficient (Wildman–Crippen LogP) is 5.89. The van der Waals surface area contributed by atoms with Gasteiger partial charge in [-0.05, 0) is 72.9 Å². The average Bonchev–Trinajstić information content (AvgIpc) is 2.85. The number of thiophene rings is 1. The number of aromatic amines is 1. The van der Waals surface area contributed by atoms with Crippen LogP contribution in [0.15, 0.2) is 47.9 Å². The van der Waals surface area contributed by atoms with Gasteiger partial charge in [-0.25, -0.2) is 0 Å². The summed E-state index contributed by atoms with van der Waals surface area (Å²) in [6, 6.07) is 9.16. The first-order valence-electron chi connectivity index (χ1n) is 7.75. The molecular formula is C17H17Br3ClN3OS. The van der Waals surface area contributed by atoms with Crippen LogP contribution in [0.25, 0.3) is 10.9 Å². The summed E-state index contributed by atoms with van der Waals surface area (Å²) in [4.78, 5) is 16.6. The molecule has 26 heavy (non-hydrogen) atoms. The van der Waals surface area contributed by atoms with Gasteiger partial charge >= 0.3 is 0 Å². The summed E-state index contributed by atoms with van der Waals surface area (Å²) in [6.45, 7) is 2.51. The van der Waals surface area contributed by atoms with Crippen LogP contribution in [0.5, 0.6) is 0 Å². The fourth-order valence-electron chi connectivity index (χ4n) is 2.45. The molecule has 9 heteroatoms. The van der Waals surface area contributed by atoms with E-state index in [0.29, 0.717) is 5.39 Å². The summed E-state index contributed by atoms with van der Waals surface area (Å²) in [5.74, 6) is 0.762. The summed E-state index contributed by atoms with van der Waals surface area (Å²) in [5.41, 5.74) is 0.892. The third-order valence-electron chi connectivity index (χ3n) is 3.69. The fraction of sp³-hybridized carbons (Fsp3) is 0.235. The summed E-state index contributed by atoms with van der Waals surface area (Å²) in [6.07, 6.45) is 0.959. The molecule has 2 aromatic heterocycles. The highest BCUT2D eigenvalue weighted by molar-refractivity contribution is 9.14. The van der Waals surface area contributed by atoms with Crippen LogP contribution >= 0.6 is 71.5 Å². The van der Waals surface area contributed by atoms with E-state index in [1.807, 2.05) is 24.3 Å². The molecule has 0 fully saturated rings. The van der Waals surface area contributed by atoms with Crippen molar-refractivity contribution in [2.24, 2.45) is 0 Å². The second-order valence-corrected chi connectivity index (χ2v) is 9.49. The number of pyridine rings is 1. The first kappa shape index (κ1) is 21.9. The summed E-state index contributed by atoms with van der Waals surface area (Å²) in [7, 11) is 0. The number of benzene rings is 1. The van der Waals surface area contributed by atoms with Crippen molar-refractivity contribution in [1.82, 2.24) is 10.3 Å². The zero-order valence-electron chi connectivity index (χ0n) is 13.6. The Morgan fingerprint density at radius 3 is 2.58 bits per heavy atom. The number of H-pyrrole nitrogens is 1. The summed E-state index contributed by atoms with van der Waals surface area (Å²) < 4.78 is 3.26. The normalized spacial score (nSPS) is 10.7. The number of halogens is 4. The molecule has 4 nitrogen and oxygen atoms in total. The molecular weight excluding hydrogens is 569 g/mol. The number of nitrogens with one attached hydrogen (secondary N) is 3. The first-order valence-corrected chi connectivity index (χ1v) is 10.9. The van der Waals surface area contributed by atoms with Crippen LogP contribution in [0, 0.1) is 0 Å². The molecule has 2 heterocycles. The predicted molar refractivity (Wildman–Crippen MR) is 124 cm³/mol. The fourth-order valence-corrected chi connectivity index (χ4v) is 5.60. The minimum Gasteiger partial charge on any atom is -0.371 e. The Hall–Kier alpha value is -0.380. The summed E-state index contributed by atoms with van der Waals surface area (Å²) >= 11 is 12.4. The summed E-state index contributed by atoms with van der Waals surface area (Å²) in [5, 5.41) is 7.44. The third-order valence-corrected chi connectivity index (χ3v) is 8.81. The highest BCUT2D eigenvalue weighted by Crippen LogP contribution is 2.40. The molecule has 0 saturated carbocycles. The van der Waals surface area contributed by atoms with Gasteiger partial charge in [0.25, 0.3) is 0 Å². The van der Waals surface area contributed by atoms with Gasteiger partial charge in [0.05, 0.1) is 13.8 Å². The van der Waals surface area contributed by atoms with Crippen molar-refractivity contribution in [3.05, 3.63) is 58.2 Å². The highest BCUT2D eigenvalue weighted by Gasteiger charge is 2.11. The lowest BCUT2D eigenvalue weighted by Gasteiger charge is -2.08. The van der Waals surface area contributed by atoms with Gasteiger partial charge in [0.1, 0.15) is 5.82 Å². The zero-order chi connectivity index (χ0) is 17.8. The molecule has 0 atom stereocenters. The van der Waals surface area contributed by atoms with E-state index in [0.717, 1.165) is 50.1 Å². The SMILES string of the molecule is Cl.O=c1cc(NCCCNCc2sc(Br)c(Br)c2Br)[nH]c2ccccc12. The lowest BCUT2D eigenvalue weighted by molar-refractivity contribution is 0.667. The van der Waals surface area contributed by atoms with Gasteiger partial charge in [-0.3, -0.25) is 4.79 Å². The van der Waals surface area contributed by atoms with Crippen molar-refractivity contribution in [3.8, 4) is 0 Å². The van der Waals surface area contributed by atoms with Crippen LogP contribution in [0.4, 0.5) is 5.82 Å². The van der Waals surface area contributed by atoms with E-state index in [4.69, 9.17) is 0 Å². The van der Waals surface area contributed by atoms with Gasteiger partial charge in [-0.1, -0.05) is 12.1 Å². The van der Waals surface area contributed by atoms with Crippen LogP contribution < -0.4 is 16.1 Å². The van der Waals surface area contributed by atoms with E-state index in [1.54, 1.807) is 17.4 Å². The first-order chi connectivity index (χ1) is 12.1. The Morgan fingerprint density at radius 1 is 1.08 bits per heavy atom. The average molecular weight is 587 g/mol. The van der Waals surface area contributed by atoms with Crippen molar-refractivity contribution in [1.29, 1.82) is 0 Å². The second kappa shape index (κ2) is 10.2. The van der Waals surface area contributed by atoms with Crippen molar-refractivity contribution >= 4 is 88.3 Å². The molecule has 0 bridgehead atoms. The molecule has 0 radical (unpaired) electrons. The minimum atomic E-state index is 0. The van der Waals surface area contributed by atoms with Gasteiger partial charge < -0.3 is 15.6 Å². The van der Waals surface area contributed by atoms with Crippen LogP contribution in [0.2, 0.25) is 0 Å². The van der Waals surface area contributed by atoms with E-state index in [-0.39, 0.29) is 17.8 Å². The molecule has 3 N–H and O–H groups in total. The van der Waals surface area contributed by atoms with Crippen LogP contribution in [0.3, 0.4) is 0 Å². The Bertz CT molecular complexity index is 945. The number of anilines is 1. The molecule has 0 saturated heterocycles. The van der Waals surface area contributed by atoms with Crippen molar-refractivity contribution in [3.63, 3.8) is 0 Å². The molecule has 0 aliphatic heterocycles.